The first-order chi connectivity index (χ1) is 24.3. The summed E-state index contributed by atoms with van der Waals surface area (Å²) in [4.78, 5) is 0. The molecular formula is C46H28N2O. The zero-order valence-electron chi connectivity index (χ0n) is 26.5. The molecule has 0 spiro atoms. The Kier molecular flexibility index (Phi) is 5.38. The lowest BCUT2D eigenvalue weighted by Gasteiger charge is -2.10. The Balaban J connectivity index is 1.07. The average Bonchev–Trinajstić information content (AvgIpc) is 3.83. The van der Waals surface area contributed by atoms with Gasteiger partial charge in [0.2, 0.25) is 0 Å². The van der Waals surface area contributed by atoms with E-state index in [4.69, 9.17) is 4.42 Å². The van der Waals surface area contributed by atoms with Gasteiger partial charge in [0.05, 0.1) is 22.1 Å². The van der Waals surface area contributed by atoms with Crippen LogP contribution in [0, 0.1) is 0 Å². The Labute approximate surface area is 281 Å². The second kappa shape index (κ2) is 9.96. The van der Waals surface area contributed by atoms with Crippen LogP contribution in [0.1, 0.15) is 0 Å². The van der Waals surface area contributed by atoms with Crippen molar-refractivity contribution < 1.29 is 4.42 Å². The average molecular weight is 625 g/mol. The van der Waals surface area contributed by atoms with E-state index in [0.29, 0.717) is 0 Å². The van der Waals surface area contributed by atoms with Crippen molar-refractivity contribution in [3.05, 3.63) is 170 Å². The molecule has 3 heteroatoms. The highest BCUT2D eigenvalue weighted by Gasteiger charge is 2.18. The van der Waals surface area contributed by atoms with Crippen molar-refractivity contribution in [2.75, 3.05) is 0 Å². The molecule has 228 valence electrons. The SMILES string of the molecule is c1ccc(-n2c3ccccc3c3cc(-c4ccc(-n5c6ccccc6c6c7ccc8c9ccccc9oc8c7ccc65)cc4)ccc32)cc1. The summed E-state index contributed by atoms with van der Waals surface area (Å²) in [6.45, 7) is 0. The van der Waals surface area contributed by atoms with Gasteiger partial charge < -0.3 is 13.6 Å². The van der Waals surface area contributed by atoms with E-state index in [1.165, 1.54) is 65.8 Å². The van der Waals surface area contributed by atoms with Gasteiger partial charge in [0.15, 0.2) is 0 Å². The molecule has 11 rings (SSSR count). The van der Waals surface area contributed by atoms with E-state index in [9.17, 15) is 0 Å². The fourth-order valence-corrected chi connectivity index (χ4v) is 8.14. The van der Waals surface area contributed by atoms with Gasteiger partial charge in [-0.2, -0.15) is 0 Å². The summed E-state index contributed by atoms with van der Waals surface area (Å²) in [5, 5.41) is 9.67. The second-order valence-electron chi connectivity index (χ2n) is 12.9. The number of benzene rings is 8. The molecule has 0 aliphatic carbocycles. The lowest BCUT2D eigenvalue weighted by atomic mass is 10.0. The van der Waals surface area contributed by atoms with E-state index in [2.05, 4.69) is 173 Å². The number of aromatic nitrogens is 2. The molecule has 0 radical (unpaired) electrons. The normalized spacial score (nSPS) is 12.1. The largest absolute Gasteiger partial charge is 0.455 e. The molecular weight excluding hydrogens is 597 g/mol. The van der Waals surface area contributed by atoms with E-state index in [-0.39, 0.29) is 0 Å². The first-order valence-corrected chi connectivity index (χ1v) is 16.8. The number of hydrogen-bond donors (Lipinski definition) is 0. The summed E-state index contributed by atoms with van der Waals surface area (Å²) in [6.07, 6.45) is 0. The summed E-state index contributed by atoms with van der Waals surface area (Å²) in [7, 11) is 0. The monoisotopic (exact) mass is 624 g/mol. The van der Waals surface area contributed by atoms with Crippen LogP contribution < -0.4 is 0 Å². The van der Waals surface area contributed by atoms with Crippen LogP contribution in [0.15, 0.2) is 174 Å². The molecule has 0 aliphatic rings. The molecule has 0 saturated carbocycles. The van der Waals surface area contributed by atoms with Crippen molar-refractivity contribution >= 4 is 76.3 Å². The van der Waals surface area contributed by atoms with Crippen LogP contribution in [-0.2, 0) is 0 Å². The number of nitrogens with zero attached hydrogens (tertiary/aromatic N) is 2. The van der Waals surface area contributed by atoms with Gasteiger partial charge in [0.1, 0.15) is 11.2 Å². The van der Waals surface area contributed by atoms with Gasteiger partial charge in [0, 0.05) is 49.1 Å². The molecule has 0 aliphatic heterocycles. The van der Waals surface area contributed by atoms with Crippen molar-refractivity contribution in [2.45, 2.75) is 0 Å². The molecule has 0 unspecified atom stereocenters. The maximum atomic E-state index is 6.44. The molecule has 0 N–H and O–H groups in total. The minimum atomic E-state index is 0.925. The minimum Gasteiger partial charge on any atom is -0.455 e. The van der Waals surface area contributed by atoms with E-state index in [1.807, 2.05) is 6.07 Å². The Morgan fingerprint density at radius 2 is 0.878 bits per heavy atom. The van der Waals surface area contributed by atoms with Crippen LogP contribution in [-0.4, -0.2) is 9.13 Å². The number of para-hydroxylation sites is 4. The summed E-state index contributed by atoms with van der Waals surface area (Å²) < 4.78 is 11.2. The summed E-state index contributed by atoms with van der Waals surface area (Å²) in [5.74, 6) is 0. The van der Waals surface area contributed by atoms with Crippen LogP contribution in [0.2, 0.25) is 0 Å². The summed E-state index contributed by atoms with van der Waals surface area (Å²) in [5.41, 5.74) is 11.4. The molecule has 11 aromatic rings. The topological polar surface area (TPSA) is 23.0 Å². The van der Waals surface area contributed by atoms with E-state index < -0.39 is 0 Å². The molecule has 0 amide bonds. The molecule has 49 heavy (non-hydrogen) atoms. The van der Waals surface area contributed by atoms with E-state index in [1.54, 1.807) is 0 Å². The third-order valence-corrected chi connectivity index (χ3v) is 10.3. The molecule has 3 nitrogen and oxygen atoms in total. The summed E-state index contributed by atoms with van der Waals surface area (Å²) >= 11 is 0. The van der Waals surface area contributed by atoms with Crippen LogP contribution >= 0.6 is 0 Å². The minimum absolute atomic E-state index is 0.925. The first kappa shape index (κ1) is 26.5. The van der Waals surface area contributed by atoms with Crippen LogP contribution in [0.4, 0.5) is 0 Å². The number of fused-ring (bicyclic) bond motifs is 12. The molecule has 3 heterocycles. The zero-order valence-corrected chi connectivity index (χ0v) is 26.5. The van der Waals surface area contributed by atoms with Crippen LogP contribution in [0.25, 0.3) is 98.8 Å². The van der Waals surface area contributed by atoms with Crippen molar-refractivity contribution in [3.8, 4) is 22.5 Å². The lowest BCUT2D eigenvalue weighted by molar-refractivity contribution is 0.672. The predicted molar refractivity (Wildman–Crippen MR) is 205 cm³/mol. The Morgan fingerprint density at radius 1 is 0.327 bits per heavy atom. The third kappa shape index (κ3) is 3.73. The van der Waals surface area contributed by atoms with E-state index in [0.717, 1.165) is 33.0 Å². The van der Waals surface area contributed by atoms with Gasteiger partial charge in [-0.3, -0.25) is 0 Å². The Hall–Kier alpha value is -6.58. The summed E-state index contributed by atoms with van der Waals surface area (Å²) in [6, 6.07) is 61.2. The molecule has 0 fully saturated rings. The number of hydrogen-bond acceptors (Lipinski definition) is 1. The molecule has 0 bridgehead atoms. The predicted octanol–water partition coefficient (Wildman–Crippen LogP) is 12.6. The number of furan rings is 1. The highest BCUT2D eigenvalue weighted by atomic mass is 16.3. The van der Waals surface area contributed by atoms with Gasteiger partial charge in [-0.15, -0.1) is 0 Å². The second-order valence-corrected chi connectivity index (χ2v) is 12.9. The lowest BCUT2D eigenvalue weighted by Crippen LogP contribution is -1.94. The van der Waals surface area contributed by atoms with Gasteiger partial charge in [-0.1, -0.05) is 97.1 Å². The Morgan fingerprint density at radius 3 is 1.71 bits per heavy atom. The Bertz CT molecular complexity index is 3090. The van der Waals surface area contributed by atoms with Crippen LogP contribution in [0.5, 0.6) is 0 Å². The quantitative estimate of drug-likeness (QED) is 0.192. The van der Waals surface area contributed by atoms with Crippen LogP contribution in [0.3, 0.4) is 0 Å². The van der Waals surface area contributed by atoms with Gasteiger partial charge in [-0.05, 0) is 89.3 Å². The van der Waals surface area contributed by atoms with Gasteiger partial charge in [0.25, 0.3) is 0 Å². The number of rotatable bonds is 3. The highest BCUT2D eigenvalue weighted by molar-refractivity contribution is 6.26. The van der Waals surface area contributed by atoms with Crippen molar-refractivity contribution in [3.63, 3.8) is 0 Å². The van der Waals surface area contributed by atoms with E-state index >= 15 is 0 Å². The standard InChI is InChI=1S/C46H28N2O/c1-2-10-31(11-3-1)47-40-15-7-4-12-33(40)39-28-30(20-26-42(39)47)29-18-21-32(22-19-29)48-41-16-8-5-14-38(41)45-35-23-24-36-34-13-6-9-17-44(34)49-46(36)37(35)25-27-43(45)48/h1-28H. The first-order valence-electron chi connectivity index (χ1n) is 16.8. The van der Waals surface area contributed by atoms with Crippen molar-refractivity contribution in [1.29, 1.82) is 0 Å². The fraction of sp³-hybridized carbons (Fsp3) is 0. The van der Waals surface area contributed by atoms with Crippen molar-refractivity contribution in [1.82, 2.24) is 9.13 Å². The highest BCUT2D eigenvalue weighted by Crippen LogP contribution is 2.41. The molecule has 3 aromatic heterocycles. The third-order valence-electron chi connectivity index (χ3n) is 10.3. The zero-order chi connectivity index (χ0) is 32.1. The maximum Gasteiger partial charge on any atom is 0.143 e. The maximum absolute atomic E-state index is 6.44. The molecule has 0 saturated heterocycles. The van der Waals surface area contributed by atoms with Crippen molar-refractivity contribution in [2.24, 2.45) is 0 Å². The fourth-order valence-electron chi connectivity index (χ4n) is 8.14. The molecule has 0 atom stereocenters. The van der Waals surface area contributed by atoms with Gasteiger partial charge in [-0.25, -0.2) is 0 Å². The molecule has 8 aromatic carbocycles. The van der Waals surface area contributed by atoms with Gasteiger partial charge >= 0.3 is 0 Å². The smallest absolute Gasteiger partial charge is 0.143 e.